The molecule has 1 nitrogen and oxygen atoms in total. The van der Waals surface area contributed by atoms with Crippen molar-refractivity contribution < 1.29 is 8.78 Å². The first kappa shape index (κ1) is 11.4. The lowest BCUT2D eigenvalue weighted by Gasteiger charge is -2.11. The van der Waals surface area contributed by atoms with Gasteiger partial charge in [0.15, 0.2) is 0 Å². The summed E-state index contributed by atoms with van der Waals surface area (Å²) in [5.74, 6) is 1.61. The summed E-state index contributed by atoms with van der Waals surface area (Å²) in [6.45, 7) is 3.32. The molecule has 1 aromatic carbocycles. The quantitative estimate of drug-likeness (QED) is 0.559. The number of halogens is 2. The van der Waals surface area contributed by atoms with Crippen molar-refractivity contribution in [2.75, 3.05) is 0 Å². The van der Waals surface area contributed by atoms with Crippen molar-refractivity contribution in [3.8, 4) is 0 Å². The fraction of sp³-hybridized carbons (Fsp3) is 0.111. The number of hydrogen-bond donors (Lipinski definition) is 0. The van der Waals surface area contributed by atoms with Crippen molar-refractivity contribution >= 4 is 36.3 Å². The number of aliphatic imine (C=N–C) groups is 1. The number of benzene rings is 1. The van der Waals surface area contributed by atoms with Crippen LogP contribution in [0.5, 0.6) is 0 Å². The van der Waals surface area contributed by atoms with Gasteiger partial charge >= 0.3 is 0 Å². The maximum Gasteiger partial charge on any atom is 0.283 e. The van der Waals surface area contributed by atoms with Crippen molar-refractivity contribution in [1.29, 1.82) is 0 Å². The summed E-state index contributed by atoms with van der Waals surface area (Å²) in [6, 6.07) is 4.23. The van der Waals surface area contributed by atoms with E-state index in [9.17, 15) is 8.78 Å². The fourth-order valence-corrected chi connectivity index (χ4v) is 1.43. The summed E-state index contributed by atoms with van der Waals surface area (Å²) in [6.07, 6.45) is 0. The molecule has 0 aliphatic carbocycles. The molecule has 1 atom stereocenters. The Morgan fingerprint density at radius 2 is 2.14 bits per heavy atom. The first-order valence-electron chi connectivity index (χ1n) is 3.77. The number of alkyl halides is 2. The average Bonchev–Trinajstić information content (AvgIpc) is 2.15. The number of hydrogen-bond acceptors (Lipinski definition) is 1. The zero-order valence-corrected chi connectivity index (χ0v) is 9.45. The largest absolute Gasteiger partial charge is 0.283 e. The fourth-order valence-electron chi connectivity index (χ4n) is 1.01. The Balaban J connectivity index is 3.27. The molecule has 1 aromatic rings. The molecule has 0 aliphatic heterocycles. The average molecular weight is 231 g/mol. The first-order chi connectivity index (χ1) is 6.49. The predicted octanol–water partition coefficient (Wildman–Crippen LogP) is 3.24. The van der Waals surface area contributed by atoms with E-state index < -0.39 is 5.66 Å². The highest BCUT2D eigenvalue weighted by molar-refractivity contribution is 7.19. The molecule has 0 fully saturated rings. The third kappa shape index (κ3) is 2.43. The third-order valence-corrected chi connectivity index (χ3v) is 2.39. The molecule has 0 aliphatic rings. The van der Waals surface area contributed by atoms with Crippen LogP contribution >= 0.6 is 18.1 Å². The van der Waals surface area contributed by atoms with Gasteiger partial charge in [0, 0.05) is 11.1 Å². The van der Waals surface area contributed by atoms with E-state index in [0.717, 1.165) is 5.56 Å². The van der Waals surface area contributed by atoms with Crippen LogP contribution in [0.3, 0.4) is 0 Å². The highest BCUT2D eigenvalue weighted by atomic mass is 31.0. The normalized spacial score (nSPS) is 11.1. The van der Waals surface area contributed by atoms with Crippen LogP contribution in [0.25, 0.3) is 0 Å². The van der Waals surface area contributed by atoms with Gasteiger partial charge < -0.3 is 0 Å². The van der Waals surface area contributed by atoms with Crippen LogP contribution < -0.4 is 0 Å². The standard InChI is InChI=1S/C9H9F2NP2/c1-12-8-4-7(9(10,11)14)3-2-6(8)5-13/h2-5,13H,1,14H2. The zero-order valence-electron chi connectivity index (χ0n) is 7.30. The second-order valence-electron chi connectivity index (χ2n) is 2.70. The summed E-state index contributed by atoms with van der Waals surface area (Å²) in [7, 11) is 4.65. The molecule has 0 N–H and O–H groups in total. The molecule has 74 valence electrons. The second-order valence-corrected chi connectivity index (χ2v) is 3.71. The molecule has 0 aromatic heterocycles. The number of rotatable bonds is 3. The molecular weight excluding hydrogens is 222 g/mol. The van der Waals surface area contributed by atoms with Gasteiger partial charge in [0.25, 0.3) is 5.66 Å². The highest BCUT2D eigenvalue weighted by Gasteiger charge is 2.24. The zero-order chi connectivity index (χ0) is 10.8. The molecule has 1 rings (SSSR count). The van der Waals surface area contributed by atoms with E-state index in [4.69, 9.17) is 0 Å². The van der Waals surface area contributed by atoms with Crippen LogP contribution in [0.1, 0.15) is 11.1 Å². The molecule has 14 heavy (non-hydrogen) atoms. The Labute approximate surface area is 85.7 Å². The monoisotopic (exact) mass is 231 g/mol. The molecule has 0 bridgehead atoms. The van der Waals surface area contributed by atoms with Crippen LogP contribution in [-0.2, 0) is 5.66 Å². The maximum atomic E-state index is 12.9. The summed E-state index contributed by atoms with van der Waals surface area (Å²) in [5.41, 5.74) is -1.87. The third-order valence-electron chi connectivity index (χ3n) is 1.74. The minimum atomic E-state index is -2.93. The van der Waals surface area contributed by atoms with Crippen molar-refractivity contribution in [3.05, 3.63) is 29.3 Å². The molecule has 0 radical (unpaired) electrons. The topological polar surface area (TPSA) is 12.4 Å². The lowest BCUT2D eigenvalue weighted by molar-refractivity contribution is 0.104. The lowest BCUT2D eigenvalue weighted by atomic mass is 10.1. The van der Waals surface area contributed by atoms with Crippen molar-refractivity contribution in [2.45, 2.75) is 5.66 Å². The van der Waals surface area contributed by atoms with Crippen LogP contribution in [0.4, 0.5) is 14.5 Å². The van der Waals surface area contributed by atoms with Gasteiger partial charge in [-0.05, 0) is 18.6 Å². The molecule has 0 saturated heterocycles. The van der Waals surface area contributed by atoms with Gasteiger partial charge in [-0.15, -0.1) is 8.86 Å². The van der Waals surface area contributed by atoms with Gasteiger partial charge in [0.2, 0.25) is 0 Å². The molecule has 1 unspecified atom stereocenters. The Morgan fingerprint density at radius 1 is 1.50 bits per heavy atom. The van der Waals surface area contributed by atoms with E-state index in [1.54, 1.807) is 11.9 Å². The van der Waals surface area contributed by atoms with Crippen LogP contribution in [0.2, 0.25) is 0 Å². The van der Waals surface area contributed by atoms with E-state index in [1.165, 1.54) is 21.4 Å². The summed E-state index contributed by atoms with van der Waals surface area (Å²) in [5, 5.41) is 0. The summed E-state index contributed by atoms with van der Waals surface area (Å²) < 4.78 is 25.8. The van der Waals surface area contributed by atoms with E-state index >= 15 is 0 Å². The van der Waals surface area contributed by atoms with E-state index in [1.807, 2.05) is 0 Å². The Hall–Kier alpha value is -0.650. The van der Waals surface area contributed by atoms with Gasteiger partial charge in [-0.3, -0.25) is 4.99 Å². The van der Waals surface area contributed by atoms with E-state index in [0.29, 0.717) is 5.69 Å². The molecular formula is C9H9F2NP2. The van der Waals surface area contributed by atoms with Crippen LogP contribution in [-0.4, -0.2) is 12.5 Å². The second kappa shape index (κ2) is 4.25. The van der Waals surface area contributed by atoms with Crippen molar-refractivity contribution in [2.24, 2.45) is 4.99 Å². The summed E-state index contributed by atoms with van der Waals surface area (Å²) >= 11 is 0. The molecule has 5 heteroatoms. The smallest absolute Gasteiger partial charge is 0.264 e. The molecule has 0 saturated carbocycles. The Morgan fingerprint density at radius 3 is 2.57 bits per heavy atom. The Bertz CT molecular complexity index is 372. The van der Waals surface area contributed by atoms with Crippen molar-refractivity contribution in [1.82, 2.24) is 0 Å². The molecule has 0 heterocycles. The van der Waals surface area contributed by atoms with Gasteiger partial charge in [0.1, 0.15) is 0 Å². The van der Waals surface area contributed by atoms with Crippen molar-refractivity contribution in [3.63, 3.8) is 0 Å². The molecule has 0 spiro atoms. The summed E-state index contributed by atoms with van der Waals surface area (Å²) in [4.78, 5) is 3.66. The van der Waals surface area contributed by atoms with Gasteiger partial charge in [-0.2, -0.15) is 8.78 Å². The van der Waals surface area contributed by atoms with Crippen LogP contribution in [0.15, 0.2) is 23.2 Å². The maximum absolute atomic E-state index is 12.9. The minimum Gasteiger partial charge on any atom is -0.264 e. The van der Waals surface area contributed by atoms with Gasteiger partial charge in [0.05, 0.1) is 5.69 Å². The molecule has 0 amide bonds. The number of nitrogens with zero attached hydrogens (tertiary/aromatic N) is 1. The Kier molecular flexibility index (Phi) is 3.47. The lowest BCUT2D eigenvalue weighted by Crippen LogP contribution is -2.02. The SMILES string of the molecule is C=Nc1cc(C(F)(F)P)ccc1C=P. The minimum absolute atomic E-state index is 0.0952. The van der Waals surface area contributed by atoms with E-state index in [-0.39, 0.29) is 5.56 Å². The van der Waals surface area contributed by atoms with E-state index in [2.05, 4.69) is 20.6 Å². The van der Waals surface area contributed by atoms with Gasteiger partial charge in [-0.1, -0.05) is 21.4 Å². The van der Waals surface area contributed by atoms with Gasteiger partial charge in [-0.25, -0.2) is 0 Å². The highest BCUT2D eigenvalue weighted by Crippen LogP contribution is 2.36. The predicted molar refractivity (Wildman–Crippen MR) is 62.7 cm³/mol. The van der Waals surface area contributed by atoms with Crippen LogP contribution in [0, 0.1) is 0 Å². The first-order valence-corrected chi connectivity index (χ1v) is 4.93.